The van der Waals surface area contributed by atoms with Crippen LogP contribution < -0.4 is 5.69 Å². The number of rotatable bonds is 2. The maximum Gasteiger partial charge on any atom is 0.323 e. The van der Waals surface area contributed by atoms with Crippen molar-refractivity contribution in [3.8, 4) is 0 Å². The minimum atomic E-state index is -0.143. The molecular weight excluding hydrogens is 334 g/mol. The Morgan fingerprint density at radius 1 is 0.852 bits per heavy atom. The van der Waals surface area contributed by atoms with E-state index in [1.807, 2.05) is 24.4 Å². The van der Waals surface area contributed by atoms with Crippen LogP contribution in [0.5, 0.6) is 0 Å². The normalized spacial score (nSPS) is 11.2. The van der Waals surface area contributed by atoms with E-state index in [2.05, 4.69) is 73.8 Å². The van der Waals surface area contributed by atoms with E-state index in [1.54, 1.807) is 0 Å². The zero-order chi connectivity index (χ0) is 19.6. The maximum absolute atomic E-state index is 11.0. The van der Waals surface area contributed by atoms with Gasteiger partial charge in [0.05, 0.1) is 16.6 Å². The van der Waals surface area contributed by atoms with Crippen LogP contribution in [0.2, 0.25) is 0 Å². The average Bonchev–Trinajstić information content (AvgIpc) is 3.01. The van der Waals surface area contributed by atoms with Gasteiger partial charge in [-0.1, -0.05) is 45.9 Å². The Kier molecular flexibility index (Phi) is 5.45. The van der Waals surface area contributed by atoms with Crippen molar-refractivity contribution in [1.82, 2.24) is 15.0 Å². The summed E-state index contributed by atoms with van der Waals surface area (Å²) < 4.78 is 0. The van der Waals surface area contributed by atoms with E-state index in [1.165, 1.54) is 22.1 Å². The van der Waals surface area contributed by atoms with Crippen molar-refractivity contribution in [3.63, 3.8) is 0 Å². The molecule has 0 unspecified atom stereocenters. The van der Waals surface area contributed by atoms with Gasteiger partial charge in [-0.15, -0.1) is 0 Å². The molecule has 0 atom stereocenters. The van der Waals surface area contributed by atoms with Crippen molar-refractivity contribution >= 4 is 21.9 Å². The molecule has 144 valence electrons. The van der Waals surface area contributed by atoms with E-state index in [0.717, 1.165) is 16.6 Å². The molecule has 0 fully saturated rings. The summed E-state index contributed by atoms with van der Waals surface area (Å²) in [6.07, 6.45) is 1.88. The van der Waals surface area contributed by atoms with Gasteiger partial charge in [0.15, 0.2) is 0 Å². The van der Waals surface area contributed by atoms with Crippen LogP contribution in [0.15, 0.2) is 53.5 Å². The predicted molar refractivity (Wildman–Crippen MR) is 118 cm³/mol. The standard InChI is InChI=1S/C13H15N.C10H12N2O.2H2/c1-9(2)11-4-5-12-10(3)6-7-14-13(12)8-11;1-6(2)7-3-4-8-9(5-7)12-10(13)11-8;;/h4-9H,1-3H3;3-6H,1-2H3,(H2,11,12,13);2*1H. The van der Waals surface area contributed by atoms with Gasteiger partial charge in [-0.25, -0.2) is 4.79 Å². The van der Waals surface area contributed by atoms with Gasteiger partial charge in [-0.3, -0.25) is 4.98 Å². The summed E-state index contributed by atoms with van der Waals surface area (Å²) in [5, 5.41) is 1.26. The number of fused-ring (bicyclic) bond motifs is 2. The van der Waals surface area contributed by atoms with Crippen molar-refractivity contribution in [1.29, 1.82) is 0 Å². The summed E-state index contributed by atoms with van der Waals surface area (Å²) in [7, 11) is 0. The number of pyridine rings is 1. The van der Waals surface area contributed by atoms with Gasteiger partial charge in [0.1, 0.15) is 0 Å². The lowest BCUT2D eigenvalue weighted by Crippen LogP contribution is -1.99. The highest BCUT2D eigenvalue weighted by Crippen LogP contribution is 2.21. The first-order chi connectivity index (χ1) is 12.8. The first-order valence-corrected chi connectivity index (χ1v) is 9.42. The molecule has 0 aliphatic carbocycles. The van der Waals surface area contributed by atoms with Gasteiger partial charge in [-0.2, -0.15) is 0 Å². The Hall–Kier alpha value is -2.88. The SMILES string of the molecule is CC(C)c1ccc2[nH]c(=O)[nH]c2c1.Cc1ccnc2cc(C(C)C)ccc12.[HH].[HH]. The largest absolute Gasteiger partial charge is 0.323 e. The number of aromatic nitrogens is 3. The highest BCUT2D eigenvalue weighted by Gasteiger charge is 2.03. The van der Waals surface area contributed by atoms with Crippen LogP contribution in [-0.4, -0.2) is 15.0 Å². The third-order valence-corrected chi connectivity index (χ3v) is 4.86. The second-order valence-electron chi connectivity index (χ2n) is 7.60. The first kappa shape index (κ1) is 18.9. The zero-order valence-electron chi connectivity index (χ0n) is 16.6. The summed E-state index contributed by atoms with van der Waals surface area (Å²) in [5.41, 5.74) is 6.61. The Morgan fingerprint density at radius 2 is 1.48 bits per heavy atom. The van der Waals surface area contributed by atoms with E-state index in [-0.39, 0.29) is 8.54 Å². The number of aryl methyl sites for hydroxylation is 1. The van der Waals surface area contributed by atoms with E-state index in [4.69, 9.17) is 0 Å². The molecule has 0 saturated carbocycles. The van der Waals surface area contributed by atoms with E-state index in [9.17, 15) is 4.79 Å². The third kappa shape index (κ3) is 4.27. The fourth-order valence-electron chi connectivity index (χ4n) is 3.08. The predicted octanol–water partition coefficient (Wildman–Crippen LogP) is 6.14. The summed E-state index contributed by atoms with van der Waals surface area (Å²) in [6.45, 7) is 10.8. The van der Waals surface area contributed by atoms with Crippen LogP contribution >= 0.6 is 0 Å². The maximum atomic E-state index is 11.0. The first-order valence-electron chi connectivity index (χ1n) is 9.42. The third-order valence-electron chi connectivity index (χ3n) is 4.86. The number of nitrogens with one attached hydrogen (secondary N) is 2. The van der Waals surface area contributed by atoms with Crippen molar-refractivity contribution in [3.05, 3.63) is 75.8 Å². The van der Waals surface area contributed by atoms with Gasteiger partial charge in [0.25, 0.3) is 0 Å². The van der Waals surface area contributed by atoms with Crippen molar-refractivity contribution in [2.75, 3.05) is 0 Å². The number of imidazole rings is 1. The molecule has 0 radical (unpaired) electrons. The Balaban J connectivity index is 0.000000272. The minimum absolute atomic E-state index is 0. The fraction of sp³-hybridized carbons (Fsp3) is 0.304. The molecule has 2 aromatic heterocycles. The van der Waals surface area contributed by atoms with Crippen LogP contribution in [0.1, 0.15) is 59.1 Å². The minimum Gasteiger partial charge on any atom is -0.306 e. The molecule has 4 nitrogen and oxygen atoms in total. The molecule has 2 N–H and O–H groups in total. The number of aromatic amines is 2. The van der Waals surface area contributed by atoms with Gasteiger partial charge in [-0.05, 0) is 59.7 Å². The van der Waals surface area contributed by atoms with Crippen molar-refractivity contribution < 1.29 is 2.85 Å². The molecule has 4 aromatic rings. The Morgan fingerprint density at radius 3 is 2.19 bits per heavy atom. The highest BCUT2D eigenvalue weighted by atomic mass is 16.1. The molecule has 2 heterocycles. The van der Waals surface area contributed by atoms with Crippen LogP contribution in [0, 0.1) is 6.92 Å². The molecule has 4 heteroatoms. The lowest BCUT2D eigenvalue weighted by molar-refractivity contribution is 0.868. The molecule has 2 aromatic carbocycles. The van der Waals surface area contributed by atoms with E-state index in [0.29, 0.717) is 11.8 Å². The molecule has 0 aliphatic rings. The van der Waals surface area contributed by atoms with Gasteiger partial charge in [0, 0.05) is 14.4 Å². The Bertz CT molecular complexity index is 1130. The molecule has 0 spiro atoms. The topological polar surface area (TPSA) is 61.5 Å². The number of benzene rings is 2. The summed E-state index contributed by atoms with van der Waals surface area (Å²) in [4.78, 5) is 20.8. The highest BCUT2D eigenvalue weighted by molar-refractivity contribution is 5.82. The van der Waals surface area contributed by atoms with Crippen molar-refractivity contribution in [2.45, 2.75) is 46.5 Å². The smallest absolute Gasteiger partial charge is 0.306 e. The zero-order valence-corrected chi connectivity index (χ0v) is 16.6. The van der Waals surface area contributed by atoms with Gasteiger partial charge < -0.3 is 9.97 Å². The van der Waals surface area contributed by atoms with E-state index >= 15 is 0 Å². The van der Waals surface area contributed by atoms with Crippen LogP contribution in [-0.2, 0) is 0 Å². The average molecular weight is 366 g/mol. The molecule has 4 rings (SSSR count). The van der Waals surface area contributed by atoms with Crippen molar-refractivity contribution in [2.24, 2.45) is 0 Å². The van der Waals surface area contributed by atoms with Gasteiger partial charge in [0.2, 0.25) is 0 Å². The van der Waals surface area contributed by atoms with Crippen LogP contribution in [0.3, 0.4) is 0 Å². The number of H-pyrrole nitrogens is 2. The monoisotopic (exact) mass is 365 g/mol. The molecule has 27 heavy (non-hydrogen) atoms. The van der Waals surface area contributed by atoms with E-state index < -0.39 is 0 Å². The molecule has 0 aliphatic heterocycles. The summed E-state index contributed by atoms with van der Waals surface area (Å²) in [6, 6.07) is 14.6. The molecule has 0 saturated heterocycles. The number of hydrogen-bond donors (Lipinski definition) is 2. The fourth-order valence-corrected chi connectivity index (χ4v) is 3.08. The van der Waals surface area contributed by atoms with Crippen LogP contribution in [0.25, 0.3) is 21.9 Å². The molecule has 0 bridgehead atoms. The lowest BCUT2D eigenvalue weighted by atomic mass is 10.0. The summed E-state index contributed by atoms with van der Waals surface area (Å²) in [5.74, 6) is 1.06. The number of nitrogens with zero attached hydrogens (tertiary/aromatic N) is 1. The quantitative estimate of drug-likeness (QED) is 0.448. The number of hydrogen-bond acceptors (Lipinski definition) is 2. The van der Waals surface area contributed by atoms with Crippen LogP contribution in [0.4, 0.5) is 0 Å². The molecule has 0 amide bonds. The second-order valence-corrected chi connectivity index (χ2v) is 7.60. The second kappa shape index (κ2) is 7.78. The van der Waals surface area contributed by atoms with Gasteiger partial charge >= 0.3 is 5.69 Å². The lowest BCUT2D eigenvalue weighted by Gasteiger charge is -2.07. The Labute approximate surface area is 162 Å². The molecular formula is C23H31N3O. The summed E-state index contributed by atoms with van der Waals surface area (Å²) >= 11 is 0.